The monoisotopic (exact) mass is 232 g/mol. The quantitative estimate of drug-likeness (QED) is 0.465. The number of nitrogens with one attached hydrogen (secondary N) is 2. The van der Waals surface area contributed by atoms with Crippen molar-refractivity contribution >= 4 is 12.0 Å². The third-order valence-corrected chi connectivity index (χ3v) is 1.91. The maximum Gasteiger partial charge on any atom is 0.314 e. The number of ether oxygens (including phenoxy) is 2. The van der Waals surface area contributed by atoms with Crippen LogP contribution in [0.3, 0.4) is 0 Å². The molecule has 0 fully saturated rings. The first kappa shape index (κ1) is 14.7. The minimum atomic E-state index is -0.218. The molecule has 0 aromatic heterocycles. The average Bonchev–Trinajstić information content (AvgIpc) is 2.28. The molecule has 0 unspecified atom stereocenters. The fourth-order valence-corrected chi connectivity index (χ4v) is 1.03. The second-order valence-corrected chi connectivity index (χ2v) is 3.21. The van der Waals surface area contributed by atoms with Gasteiger partial charge < -0.3 is 20.1 Å². The van der Waals surface area contributed by atoms with Gasteiger partial charge in [0.25, 0.3) is 0 Å². The number of methoxy groups -OCH3 is 2. The molecule has 0 aromatic rings. The zero-order chi connectivity index (χ0) is 12.2. The van der Waals surface area contributed by atoms with Gasteiger partial charge in [-0.1, -0.05) is 0 Å². The van der Waals surface area contributed by atoms with Gasteiger partial charge in [-0.3, -0.25) is 4.79 Å². The van der Waals surface area contributed by atoms with Crippen LogP contribution in [0.5, 0.6) is 0 Å². The molecule has 94 valence electrons. The van der Waals surface area contributed by atoms with Crippen molar-refractivity contribution < 1.29 is 19.1 Å². The van der Waals surface area contributed by atoms with E-state index in [1.165, 1.54) is 7.11 Å². The first-order valence-corrected chi connectivity index (χ1v) is 5.28. The molecular formula is C10H20N2O4. The van der Waals surface area contributed by atoms with E-state index >= 15 is 0 Å². The number of unbranched alkanes of at least 4 members (excludes halogenated alkanes) is 1. The second-order valence-electron chi connectivity index (χ2n) is 3.21. The van der Waals surface area contributed by atoms with Gasteiger partial charge in [0.2, 0.25) is 0 Å². The van der Waals surface area contributed by atoms with Crippen LogP contribution < -0.4 is 10.6 Å². The Balaban J connectivity index is 3.24. The Bertz CT molecular complexity index is 209. The molecule has 0 heterocycles. The van der Waals surface area contributed by atoms with E-state index in [-0.39, 0.29) is 12.0 Å². The molecule has 6 heteroatoms. The predicted octanol–water partition coefficient (Wildman–Crippen LogP) is 0.275. The fraction of sp³-hybridized carbons (Fsp3) is 0.800. The van der Waals surface area contributed by atoms with Gasteiger partial charge in [-0.2, -0.15) is 0 Å². The third-order valence-electron chi connectivity index (χ3n) is 1.91. The van der Waals surface area contributed by atoms with Crippen LogP contribution in [0, 0.1) is 0 Å². The van der Waals surface area contributed by atoms with Gasteiger partial charge in [-0.05, 0) is 12.8 Å². The lowest BCUT2D eigenvalue weighted by Gasteiger charge is -2.06. The molecule has 0 aliphatic carbocycles. The van der Waals surface area contributed by atoms with Crippen molar-refractivity contribution in [2.75, 3.05) is 33.9 Å². The lowest BCUT2D eigenvalue weighted by Crippen LogP contribution is -2.37. The summed E-state index contributed by atoms with van der Waals surface area (Å²) in [4.78, 5) is 21.8. The number of hydrogen-bond acceptors (Lipinski definition) is 4. The Hall–Kier alpha value is -1.30. The highest BCUT2D eigenvalue weighted by atomic mass is 16.5. The van der Waals surface area contributed by atoms with Crippen LogP contribution in [-0.4, -0.2) is 45.9 Å². The van der Waals surface area contributed by atoms with E-state index in [1.807, 2.05) is 0 Å². The van der Waals surface area contributed by atoms with Crippen molar-refractivity contribution in [2.45, 2.75) is 19.3 Å². The highest BCUT2D eigenvalue weighted by molar-refractivity contribution is 5.73. The molecule has 0 atom stereocenters. The third kappa shape index (κ3) is 9.26. The number of carbonyl (C=O) groups is 2. The van der Waals surface area contributed by atoms with E-state index in [0.29, 0.717) is 32.5 Å². The standard InChI is InChI=1S/C10H20N2O4/c1-15-8-7-12-10(14)11-6-4-3-5-9(13)16-2/h3-8H2,1-2H3,(H2,11,12,14). The average molecular weight is 232 g/mol. The summed E-state index contributed by atoms with van der Waals surface area (Å²) in [6.07, 6.45) is 1.86. The molecule has 6 nitrogen and oxygen atoms in total. The van der Waals surface area contributed by atoms with Gasteiger partial charge in [0.15, 0.2) is 0 Å². The highest BCUT2D eigenvalue weighted by Gasteiger charge is 2.00. The maximum absolute atomic E-state index is 11.1. The van der Waals surface area contributed by atoms with E-state index in [9.17, 15) is 9.59 Å². The lowest BCUT2D eigenvalue weighted by atomic mass is 10.2. The molecule has 0 aromatic carbocycles. The fourth-order valence-electron chi connectivity index (χ4n) is 1.03. The second kappa shape index (κ2) is 10.2. The smallest absolute Gasteiger partial charge is 0.314 e. The van der Waals surface area contributed by atoms with Crippen LogP contribution in [0.25, 0.3) is 0 Å². The van der Waals surface area contributed by atoms with Crippen molar-refractivity contribution in [2.24, 2.45) is 0 Å². The Kier molecular flexibility index (Phi) is 9.39. The highest BCUT2D eigenvalue weighted by Crippen LogP contribution is 1.95. The Morgan fingerprint density at radius 1 is 1.06 bits per heavy atom. The SMILES string of the molecule is COCCNC(=O)NCCCCC(=O)OC. The van der Waals surface area contributed by atoms with Crippen LogP contribution in [0.15, 0.2) is 0 Å². The Labute approximate surface area is 95.7 Å². The van der Waals surface area contributed by atoms with E-state index in [2.05, 4.69) is 15.4 Å². The van der Waals surface area contributed by atoms with E-state index in [1.54, 1.807) is 7.11 Å². The minimum Gasteiger partial charge on any atom is -0.469 e. The Morgan fingerprint density at radius 2 is 1.75 bits per heavy atom. The van der Waals surface area contributed by atoms with Crippen LogP contribution in [0.4, 0.5) is 4.79 Å². The number of urea groups is 1. The molecule has 0 bridgehead atoms. The summed E-state index contributed by atoms with van der Waals surface area (Å²) in [5, 5.41) is 5.30. The molecule has 2 N–H and O–H groups in total. The van der Waals surface area contributed by atoms with Crippen LogP contribution in [-0.2, 0) is 14.3 Å². The van der Waals surface area contributed by atoms with Gasteiger partial charge in [0.05, 0.1) is 13.7 Å². The summed E-state index contributed by atoms with van der Waals surface area (Å²) in [6.45, 7) is 1.54. The van der Waals surface area contributed by atoms with Gasteiger partial charge >= 0.3 is 12.0 Å². The van der Waals surface area contributed by atoms with Crippen LogP contribution >= 0.6 is 0 Å². The van der Waals surface area contributed by atoms with Gasteiger partial charge in [-0.25, -0.2) is 4.79 Å². The number of hydrogen-bond donors (Lipinski definition) is 2. The van der Waals surface area contributed by atoms with E-state index in [0.717, 1.165) is 6.42 Å². The predicted molar refractivity (Wildman–Crippen MR) is 59.1 cm³/mol. The summed E-state index contributed by atoms with van der Waals surface area (Å²) < 4.78 is 9.27. The summed E-state index contributed by atoms with van der Waals surface area (Å²) in [5.74, 6) is -0.218. The number of carbonyl (C=O) groups excluding carboxylic acids is 2. The van der Waals surface area contributed by atoms with Crippen molar-refractivity contribution in [1.29, 1.82) is 0 Å². The Morgan fingerprint density at radius 3 is 2.38 bits per heavy atom. The molecule has 0 aliphatic rings. The first-order chi connectivity index (χ1) is 7.70. The number of amides is 2. The minimum absolute atomic E-state index is 0.213. The van der Waals surface area contributed by atoms with Crippen LogP contribution in [0.2, 0.25) is 0 Å². The van der Waals surface area contributed by atoms with Crippen molar-refractivity contribution in [3.05, 3.63) is 0 Å². The van der Waals surface area contributed by atoms with Gasteiger partial charge in [-0.15, -0.1) is 0 Å². The molecule has 16 heavy (non-hydrogen) atoms. The lowest BCUT2D eigenvalue weighted by molar-refractivity contribution is -0.140. The van der Waals surface area contributed by atoms with Crippen molar-refractivity contribution in [3.63, 3.8) is 0 Å². The summed E-state index contributed by atoms with van der Waals surface area (Å²) in [6, 6.07) is -0.213. The van der Waals surface area contributed by atoms with Crippen LogP contribution in [0.1, 0.15) is 19.3 Å². The topological polar surface area (TPSA) is 76.7 Å². The molecule has 0 spiro atoms. The van der Waals surface area contributed by atoms with Crippen molar-refractivity contribution in [3.8, 4) is 0 Å². The molecular weight excluding hydrogens is 212 g/mol. The molecule has 0 radical (unpaired) electrons. The molecule has 0 saturated heterocycles. The molecule has 0 aliphatic heterocycles. The first-order valence-electron chi connectivity index (χ1n) is 5.28. The molecule has 0 saturated carbocycles. The largest absolute Gasteiger partial charge is 0.469 e. The van der Waals surface area contributed by atoms with Crippen molar-refractivity contribution in [1.82, 2.24) is 10.6 Å². The summed E-state index contributed by atoms with van der Waals surface area (Å²) in [5.41, 5.74) is 0. The summed E-state index contributed by atoms with van der Waals surface area (Å²) >= 11 is 0. The number of esters is 1. The van der Waals surface area contributed by atoms with E-state index < -0.39 is 0 Å². The summed E-state index contributed by atoms with van der Waals surface area (Å²) in [7, 11) is 2.94. The number of rotatable bonds is 8. The normalized spacial score (nSPS) is 9.62. The zero-order valence-corrected chi connectivity index (χ0v) is 9.88. The molecule has 0 rings (SSSR count). The maximum atomic E-state index is 11.1. The van der Waals surface area contributed by atoms with E-state index in [4.69, 9.17) is 4.74 Å². The van der Waals surface area contributed by atoms with Gasteiger partial charge in [0.1, 0.15) is 0 Å². The zero-order valence-electron chi connectivity index (χ0n) is 9.88. The molecule has 2 amide bonds. The van der Waals surface area contributed by atoms with Gasteiger partial charge in [0, 0.05) is 26.6 Å².